The second-order valence-electron chi connectivity index (χ2n) is 6.46. The maximum absolute atomic E-state index is 12.0. The summed E-state index contributed by atoms with van der Waals surface area (Å²) in [5, 5.41) is 5.83. The minimum atomic E-state index is -0.131. The molecule has 0 spiro atoms. The highest BCUT2D eigenvalue weighted by atomic mass is 32.1. The van der Waals surface area contributed by atoms with Gasteiger partial charge >= 0.3 is 6.03 Å². The Labute approximate surface area is 159 Å². The molecule has 1 aliphatic rings. The molecule has 0 aliphatic carbocycles. The molecule has 6 heteroatoms. The van der Waals surface area contributed by atoms with E-state index in [1.54, 1.807) is 11.3 Å². The molecule has 0 unspecified atom stereocenters. The van der Waals surface area contributed by atoms with Crippen molar-refractivity contribution in [3.05, 3.63) is 57.3 Å². The van der Waals surface area contributed by atoms with Crippen molar-refractivity contribution in [2.45, 2.75) is 33.0 Å². The fraction of sp³-hybridized carbons (Fsp3) is 0.450. The maximum atomic E-state index is 12.0. The van der Waals surface area contributed by atoms with Crippen LogP contribution >= 0.6 is 11.3 Å². The minimum Gasteiger partial charge on any atom is -0.379 e. The van der Waals surface area contributed by atoms with Crippen LogP contribution in [-0.4, -0.2) is 37.2 Å². The summed E-state index contributed by atoms with van der Waals surface area (Å²) in [4.78, 5) is 16.9. The number of ether oxygens (including phenoxy) is 1. The zero-order valence-corrected chi connectivity index (χ0v) is 16.1. The van der Waals surface area contributed by atoms with Gasteiger partial charge in [0.15, 0.2) is 0 Å². The van der Waals surface area contributed by atoms with Crippen LogP contribution in [0.1, 0.15) is 27.8 Å². The summed E-state index contributed by atoms with van der Waals surface area (Å²) in [6.45, 7) is 7.84. The monoisotopic (exact) mass is 373 g/mol. The third kappa shape index (κ3) is 5.83. The van der Waals surface area contributed by atoms with Crippen LogP contribution in [0.4, 0.5) is 4.79 Å². The maximum Gasteiger partial charge on any atom is 0.315 e. The topological polar surface area (TPSA) is 53.6 Å². The number of morpholine rings is 1. The summed E-state index contributed by atoms with van der Waals surface area (Å²) in [7, 11) is 0. The Morgan fingerprint density at radius 3 is 2.35 bits per heavy atom. The van der Waals surface area contributed by atoms with Gasteiger partial charge in [-0.25, -0.2) is 4.79 Å². The first-order valence-electron chi connectivity index (χ1n) is 9.20. The van der Waals surface area contributed by atoms with Crippen molar-refractivity contribution in [3.63, 3.8) is 0 Å². The van der Waals surface area contributed by atoms with Crippen molar-refractivity contribution in [1.82, 2.24) is 15.5 Å². The molecule has 1 aliphatic heterocycles. The van der Waals surface area contributed by atoms with Crippen LogP contribution in [-0.2, 0) is 30.8 Å². The van der Waals surface area contributed by atoms with Crippen molar-refractivity contribution in [1.29, 1.82) is 0 Å². The lowest BCUT2D eigenvalue weighted by molar-refractivity contribution is 0.0342. The van der Waals surface area contributed by atoms with Crippen molar-refractivity contribution in [3.8, 4) is 0 Å². The smallest absolute Gasteiger partial charge is 0.315 e. The number of urea groups is 1. The number of benzene rings is 1. The van der Waals surface area contributed by atoms with Gasteiger partial charge in [0.1, 0.15) is 0 Å². The van der Waals surface area contributed by atoms with Crippen molar-refractivity contribution < 1.29 is 9.53 Å². The van der Waals surface area contributed by atoms with Gasteiger partial charge in [-0.3, -0.25) is 4.90 Å². The molecule has 5 nitrogen and oxygen atoms in total. The van der Waals surface area contributed by atoms with Gasteiger partial charge in [0.2, 0.25) is 0 Å². The molecule has 0 saturated carbocycles. The fourth-order valence-electron chi connectivity index (χ4n) is 2.90. The molecule has 2 aromatic rings. The van der Waals surface area contributed by atoms with Gasteiger partial charge in [0.05, 0.1) is 19.8 Å². The molecule has 0 bridgehead atoms. The molecule has 1 saturated heterocycles. The standard InChI is InChI=1S/C20H27N3O2S/c1-2-18-7-8-19(26-18)14-22-20(24)21-13-16-3-5-17(6-4-16)15-23-9-11-25-12-10-23/h3-8H,2,9-15H2,1H3,(H2,21,22,24). The number of amides is 2. The van der Waals surface area contributed by atoms with Gasteiger partial charge in [-0.05, 0) is 29.7 Å². The number of nitrogens with one attached hydrogen (secondary N) is 2. The third-order valence-electron chi connectivity index (χ3n) is 4.47. The van der Waals surface area contributed by atoms with E-state index in [-0.39, 0.29) is 6.03 Å². The molecular weight excluding hydrogens is 346 g/mol. The molecule has 1 aromatic heterocycles. The molecule has 0 atom stereocenters. The Morgan fingerprint density at radius 1 is 1.00 bits per heavy atom. The van der Waals surface area contributed by atoms with Crippen LogP contribution in [0.2, 0.25) is 0 Å². The summed E-state index contributed by atoms with van der Waals surface area (Å²) < 4.78 is 5.38. The van der Waals surface area contributed by atoms with Crippen LogP contribution in [0.25, 0.3) is 0 Å². The molecule has 1 aromatic carbocycles. The largest absolute Gasteiger partial charge is 0.379 e. The number of aryl methyl sites for hydroxylation is 1. The van der Waals surface area contributed by atoms with E-state index in [9.17, 15) is 4.79 Å². The average molecular weight is 374 g/mol. The summed E-state index contributed by atoms with van der Waals surface area (Å²) in [6.07, 6.45) is 1.04. The molecule has 2 heterocycles. The number of nitrogens with zero attached hydrogens (tertiary/aromatic N) is 1. The summed E-state index contributed by atoms with van der Waals surface area (Å²) in [5.74, 6) is 0. The SMILES string of the molecule is CCc1ccc(CNC(=O)NCc2ccc(CN3CCOCC3)cc2)s1. The predicted molar refractivity (Wildman–Crippen MR) is 105 cm³/mol. The van der Waals surface area contributed by atoms with Crippen molar-refractivity contribution in [2.24, 2.45) is 0 Å². The Bertz CT molecular complexity index is 693. The summed E-state index contributed by atoms with van der Waals surface area (Å²) in [5.41, 5.74) is 2.40. The number of carbonyl (C=O) groups is 1. The number of thiophene rings is 1. The second-order valence-corrected chi connectivity index (χ2v) is 7.72. The van der Waals surface area contributed by atoms with Gasteiger partial charge in [-0.15, -0.1) is 11.3 Å². The molecule has 140 valence electrons. The third-order valence-corrected chi connectivity index (χ3v) is 5.70. The fourth-order valence-corrected chi connectivity index (χ4v) is 3.80. The highest BCUT2D eigenvalue weighted by molar-refractivity contribution is 7.11. The van der Waals surface area contributed by atoms with E-state index in [0.717, 1.165) is 44.8 Å². The average Bonchev–Trinajstić information content (AvgIpc) is 3.15. The molecule has 2 amide bonds. The highest BCUT2D eigenvalue weighted by Crippen LogP contribution is 2.16. The van der Waals surface area contributed by atoms with E-state index in [1.807, 2.05) is 0 Å². The number of hydrogen-bond donors (Lipinski definition) is 2. The van der Waals surface area contributed by atoms with E-state index < -0.39 is 0 Å². The van der Waals surface area contributed by atoms with E-state index in [4.69, 9.17) is 4.74 Å². The Hall–Kier alpha value is -1.89. The van der Waals surface area contributed by atoms with Crippen LogP contribution in [0.5, 0.6) is 0 Å². The van der Waals surface area contributed by atoms with Crippen molar-refractivity contribution >= 4 is 17.4 Å². The van der Waals surface area contributed by atoms with Gasteiger partial charge in [-0.1, -0.05) is 31.2 Å². The molecule has 3 rings (SSSR count). The molecule has 2 N–H and O–H groups in total. The van der Waals surface area contributed by atoms with Crippen LogP contribution < -0.4 is 10.6 Å². The molecule has 0 radical (unpaired) electrons. The van der Waals surface area contributed by atoms with E-state index >= 15 is 0 Å². The second kappa shape index (κ2) is 9.71. The highest BCUT2D eigenvalue weighted by Gasteiger charge is 2.10. The van der Waals surface area contributed by atoms with Crippen LogP contribution in [0, 0.1) is 0 Å². The number of carbonyl (C=O) groups excluding carboxylic acids is 1. The van der Waals surface area contributed by atoms with Gasteiger partial charge < -0.3 is 15.4 Å². The normalized spacial score (nSPS) is 15.0. The van der Waals surface area contributed by atoms with E-state index in [1.165, 1.54) is 15.3 Å². The summed E-state index contributed by atoms with van der Waals surface area (Å²) in [6, 6.07) is 12.5. The lowest BCUT2D eigenvalue weighted by Crippen LogP contribution is -2.35. The number of hydrogen-bond acceptors (Lipinski definition) is 4. The lowest BCUT2D eigenvalue weighted by Gasteiger charge is -2.26. The Balaban J connectivity index is 1.38. The molecular formula is C20H27N3O2S. The van der Waals surface area contributed by atoms with Gasteiger partial charge in [-0.2, -0.15) is 0 Å². The zero-order chi connectivity index (χ0) is 18.2. The lowest BCUT2D eigenvalue weighted by atomic mass is 10.1. The summed E-state index contributed by atoms with van der Waals surface area (Å²) >= 11 is 1.75. The van der Waals surface area contributed by atoms with Crippen LogP contribution in [0.3, 0.4) is 0 Å². The first kappa shape index (κ1) is 18.9. The predicted octanol–water partition coefficient (Wildman–Crippen LogP) is 3.14. The molecule has 1 fully saturated rings. The zero-order valence-electron chi connectivity index (χ0n) is 15.3. The van der Waals surface area contributed by atoms with Crippen molar-refractivity contribution in [2.75, 3.05) is 26.3 Å². The minimum absolute atomic E-state index is 0.131. The first-order valence-corrected chi connectivity index (χ1v) is 10.0. The first-order chi connectivity index (χ1) is 12.7. The Morgan fingerprint density at radius 2 is 1.65 bits per heavy atom. The Kier molecular flexibility index (Phi) is 7.05. The van der Waals surface area contributed by atoms with E-state index in [0.29, 0.717) is 13.1 Å². The van der Waals surface area contributed by atoms with Gasteiger partial charge in [0, 0.05) is 35.9 Å². The van der Waals surface area contributed by atoms with Crippen LogP contribution in [0.15, 0.2) is 36.4 Å². The quantitative estimate of drug-likeness (QED) is 0.784. The molecule has 26 heavy (non-hydrogen) atoms. The van der Waals surface area contributed by atoms with E-state index in [2.05, 4.69) is 58.9 Å². The number of rotatable bonds is 7. The van der Waals surface area contributed by atoms with Gasteiger partial charge in [0.25, 0.3) is 0 Å².